The fraction of sp³-hybridized carbons (Fsp3) is 0.609. The first-order valence-electron chi connectivity index (χ1n) is 10.8. The minimum Gasteiger partial charge on any atom is -0.371 e. The summed E-state index contributed by atoms with van der Waals surface area (Å²) in [7, 11) is 0. The van der Waals surface area contributed by atoms with Gasteiger partial charge in [-0.2, -0.15) is 0 Å². The summed E-state index contributed by atoms with van der Waals surface area (Å²) in [5.41, 5.74) is 4.28. The molecule has 0 aliphatic carbocycles. The van der Waals surface area contributed by atoms with Crippen molar-refractivity contribution in [2.24, 2.45) is 5.92 Å². The Kier molecular flexibility index (Phi) is 7.24. The average molecular weight is 387 g/mol. The number of fused-ring (bicyclic) bond motifs is 1. The van der Waals surface area contributed by atoms with Crippen LogP contribution in [0.4, 0.5) is 10.1 Å². The Morgan fingerprint density at radius 2 is 1.89 bits per heavy atom. The maximum Gasteiger partial charge on any atom is 0.124 e. The fourth-order valence-corrected chi connectivity index (χ4v) is 4.28. The van der Waals surface area contributed by atoms with Crippen molar-refractivity contribution >= 4 is 16.6 Å². The van der Waals surface area contributed by atoms with Crippen LogP contribution >= 0.6 is 0 Å². The zero-order valence-electron chi connectivity index (χ0n) is 17.9. The van der Waals surface area contributed by atoms with Gasteiger partial charge >= 0.3 is 0 Å². The second-order valence-electron chi connectivity index (χ2n) is 7.99. The largest absolute Gasteiger partial charge is 0.371 e. The maximum absolute atomic E-state index is 13.9. The van der Waals surface area contributed by atoms with Crippen molar-refractivity contribution in [2.75, 3.05) is 50.7 Å². The quantitative estimate of drug-likeness (QED) is 0.691. The third-order valence-corrected chi connectivity index (χ3v) is 6.26. The maximum atomic E-state index is 13.9. The molecule has 0 atom stereocenters. The van der Waals surface area contributed by atoms with Gasteiger partial charge in [-0.3, -0.25) is 4.98 Å². The topological polar surface area (TPSA) is 31.4 Å². The van der Waals surface area contributed by atoms with E-state index < -0.39 is 0 Å². The van der Waals surface area contributed by atoms with Crippen molar-refractivity contribution in [3.8, 4) is 0 Å². The van der Waals surface area contributed by atoms with E-state index >= 15 is 0 Å². The Labute approximate surface area is 169 Å². The summed E-state index contributed by atoms with van der Waals surface area (Å²) < 4.78 is 13.9. The van der Waals surface area contributed by atoms with Crippen LogP contribution in [-0.2, 0) is 0 Å². The predicted molar refractivity (Wildman–Crippen MR) is 117 cm³/mol. The number of rotatable bonds is 8. The Hall–Kier alpha value is -1.72. The zero-order valence-corrected chi connectivity index (χ0v) is 17.9. The van der Waals surface area contributed by atoms with Crippen LogP contribution in [0.5, 0.6) is 0 Å². The molecule has 0 bridgehead atoms. The molecule has 3 rings (SSSR count). The van der Waals surface area contributed by atoms with E-state index in [1.807, 2.05) is 6.92 Å². The summed E-state index contributed by atoms with van der Waals surface area (Å²) in [6.45, 7) is 16.2. The Morgan fingerprint density at radius 3 is 2.57 bits per heavy atom. The van der Waals surface area contributed by atoms with Crippen molar-refractivity contribution in [3.63, 3.8) is 0 Å². The molecule has 5 heteroatoms. The predicted octanol–water partition coefficient (Wildman–Crippen LogP) is 4.14. The van der Waals surface area contributed by atoms with Gasteiger partial charge < -0.3 is 15.1 Å². The van der Waals surface area contributed by atoms with Crippen LogP contribution in [0.25, 0.3) is 10.9 Å². The third kappa shape index (κ3) is 4.81. The highest BCUT2D eigenvalue weighted by Crippen LogP contribution is 2.34. The first-order chi connectivity index (χ1) is 13.5. The summed E-state index contributed by atoms with van der Waals surface area (Å²) >= 11 is 0. The van der Waals surface area contributed by atoms with Gasteiger partial charge in [-0.15, -0.1) is 0 Å². The summed E-state index contributed by atoms with van der Waals surface area (Å²) in [5, 5.41) is 4.59. The van der Waals surface area contributed by atoms with E-state index in [2.05, 4.69) is 40.9 Å². The molecule has 1 saturated heterocycles. The smallest absolute Gasteiger partial charge is 0.124 e. The van der Waals surface area contributed by atoms with E-state index in [9.17, 15) is 4.39 Å². The third-order valence-electron chi connectivity index (χ3n) is 6.26. The number of benzene rings is 1. The number of aromatic nitrogens is 1. The van der Waals surface area contributed by atoms with Gasteiger partial charge in [0.05, 0.1) is 11.2 Å². The van der Waals surface area contributed by atoms with Crippen molar-refractivity contribution < 1.29 is 4.39 Å². The van der Waals surface area contributed by atoms with Gasteiger partial charge in [-0.1, -0.05) is 13.8 Å². The molecule has 28 heavy (non-hydrogen) atoms. The monoisotopic (exact) mass is 386 g/mol. The standard InChI is InChI=1S/C23H35FN4/c1-5-27(6-2)14-11-25-16-19-9-12-28(13-10-19)23-17(3)18(4)26-22-8-7-20(24)15-21(22)23/h7-8,15,19,25H,5-6,9-14,16H2,1-4H3. The minimum absolute atomic E-state index is 0.189. The molecule has 1 aliphatic heterocycles. The number of nitrogens with one attached hydrogen (secondary N) is 1. The van der Waals surface area contributed by atoms with Crippen molar-refractivity contribution in [1.82, 2.24) is 15.2 Å². The molecular formula is C23H35FN4. The molecule has 0 amide bonds. The van der Waals surface area contributed by atoms with E-state index in [1.165, 1.54) is 30.2 Å². The van der Waals surface area contributed by atoms with Gasteiger partial charge in [-0.25, -0.2) is 4.39 Å². The molecule has 1 aliphatic rings. The molecule has 1 fully saturated rings. The second-order valence-corrected chi connectivity index (χ2v) is 7.99. The van der Waals surface area contributed by atoms with E-state index in [-0.39, 0.29) is 5.82 Å². The van der Waals surface area contributed by atoms with E-state index in [4.69, 9.17) is 0 Å². The molecule has 0 unspecified atom stereocenters. The summed E-state index contributed by atoms with van der Waals surface area (Å²) in [4.78, 5) is 9.55. The molecular weight excluding hydrogens is 351 g/mol. The number of hydrogen-bond donors (Lipinski definition) is 1. The Morgan fingerprint density at radius 1 is 1.18 bits per heavy atom. The molecule has 1 aromatic heterocycles. The van der Waals surface area contributed by atoms with E-state index in [1.54, 1.807) is 12.1 Å². The second kappa shape index (κ2) is 9.66. The van der Waals surface area contributed by atoms with Crippen LogP contribution in [0.1, 0.15) is 37.9 Å². The van der Waals surface area contributed by atoms with Crippen LogP contribution in [0.2, 0.25) is 0 Å². The van der Waals surface area contributed by atoms with Crippen molar-refractivity contribution in [3.05, 3.63) is 35.3 Å². The van der Waals surface area contributed by atoms with Crippen LogP contribution in [0, 0.1) is 25.6 Å². The number of pyridine rings is 1. The number of aryl methyl sites for hydroxylation is 1. The number of hydrogen-bond acceptors (Lipinski definition) is 4. The first kappa shape index (κ1) is 21.0. The molecule has 0 saturated carbocycles. The molecule has 154 valence electrons. The number of halogens is 1. The van der Waals surface area contributed by atoms with E-state index in [0.29, 0.717) is 0 Å². The number of likely N-dealkylation sites (N-methyl/N-ethyl adjacent to an activating group) is 1. The van der Waals surface area contributed by atoms with Crippen LogP contribution in [-0.4, -0.2) is 55.7 Å². The summed E-state index contributed by atoms with van der Waals surface area (Å²) in [6.07, 6.45) is 2.35. The SMILES string of the molecule is CCN(CC)CCNCC1CCN(c2c(C)c(C)nc3ccc(F)cc23)CC1. The number of nitrogens with zero attached hydrogens (tertiary/aromatic N) is 3. The first-order valence-corrected chi connectivity index (χ1v) is 10.8. The zero-order chi connectivity index (χ0) is 20.1. The van der Waals surface area contributed by atoms with Gasteiger partial charge in [0, 0.05) is 37.3 Å². The minimum atomic E-state index is -0.189. The van der Waals surface area contributed by atoms with Crippen LogP contribution in [0.15, 0.2) is 18.2 Å². The molecule has 0 radical (unpaired) electrons. The lowest BCUT2D eigenvalue weighted by Gasteiger charge is -2.35. The highest BCUT2D eigenvalue weighted by atomic mass is 19.1. The summed E-state index contributed by atoms with van der Waals surface area (Å²) in [6, 6.07) is 4.95. The highest BCUT2D eigenvalue weighted by molar-refractivity contribution is 5.94. The highest BCUT2D eigenvalue weighted by Gasteiger charge is 2.23. The van der Waals surface area contributed by atoms with Crippen molar-refractivity contribution in [1.29, 1.82) is 0 Å². The lowest BCUT2D eigenvalue weighted by atomic mass is 9.95. The van der Waals surface area contributed by atoms with Gasteiger partial charge in [0.25, 0.3) is 0 Å². The molecule has 2 heterocycles. The average Bonchev–Trinajstić information content (AvgIpc) is 2.70. The lowest BCUT2D eigenvalue weighted by molar-refractivity contribution is 0.294. The molecule has 1 aromatic carbocycles. The molecule has 2 aromatic rings. The molecule has 0 spiro atoms. The normalized spacial score (nSPS) is 15.7. The number of anilines is 1. The van der Waals surface area contributed by atoms with Crippen LogP contribution in [0.3, 0.4) is 0 Å². The Balaban J connectivity index is 1.61. The van der Waals surface area contributed by atoms with Gasteiger partial charge in [0.2, 0.25) is 0 Å². The summed E-state index contributed by atoms with van der Waals surface area (Å²) in [5.74, 6) is 0.533. The van der Waals surface area contributed by atoms with Gasteiger partial charge in [0.1, 0.15) is 5.82 Å². The molecule has 1 N–H and O–H groups in total. The molecule has 4 nitrogen and oxygen atoms in total. The Bertz CT molecular complexity index is 780. The van der Waals surface area contributed by atoms with Crippen molar-refractivity contribution in [2.45, 2.75) is 40.5 Å². The lowest BCUT2D eigenvalue weighted by Crippen LogP contribution is -2.39. The van der Waals surface area contributed by atoms with Gasteiger partial charge in [-0.05, 0) is 76.0 Å². The van der Waals surface area contributed by atoms with Gasteiger partial charge in [0.15, 0.2) is 0 Å². The van der Waals surface area contributed by atoms with Crippen LogP contribution < -0.4 is 10.2 Å². The number of piperidine rings is 1. The van der Waals surface area contributed by atoms with E-state index in [0.717, 1.165) is 68.3 Å². The fourth-order valence-electron chi connectivity index (χ4n) is 4.28.